The quantitative estimate of drug-likeness (QED) is 0.488. The Hall–Kier alpha value is -2.79. The van der Waals surface area contributed by atoms with Crippen molar-refractivity contribution in [1.82, 2.24) is 15.0 Å². The van der Waals surface area contributed by atoms with Gasteiger partial charge in [-0.2, -0.15) is 0 Å². The van der Waals surface area contributed by atoms with Gasteiger partial charge in [-0.25, -0.2) is 4.98 Å². The van der Waals surface area contributed by atoms with Gasteiger partial charge in [0.05, 0.1) is 23.3 Å². The first-order valence-corrected chi connectivity index (χ1v) is 9.46. The molecule has 0 spiro atoms. The zero-order valence-electron chi connectivity index (χ0n) is 14.5. The number of nitrogens with one attached hydrogen (secondary N) is 1. The lowest BCUT2D eigenvalue weighted by atomic mass is 10.1. The second-order valence-electron chi connectivity index (χ2n) is 5.88. The highest BCUT2D eigenvalue weighted by Gasteiger charge is 2.11. The van der Waals surface area contributed by atoms with Crippen LogP contribution in [0.3, 0.4) is 0 Å². The number of hydrogen-bond donors (Lipinski definition) is 1. The molecule has 0 aliphatic rings. The van der Waals surface area contributed by atoms with Crippen LogP contribution in [0, 0.1) is 0 Å². The van der Waals surface area contributed by atoms with Gasteiger partial charge >= 0.3 is 0 Å². The molecule has 2 aromatic carbocycles. The summed E-state index contributed by atoms with van der Waals surface area (Å²) in [6.45, 7) is 2.81. The molecule has 0 fully saturated rings. The summed E-state index contributed by atoms with van der Waals surface area (Å²) in [5, 5.41) is 0.872. The van der Waals surface area contributed by atoms with Gasteiger partial charge in [0.1, 0.15) is 5.75 Å². The first kappa shape index (κ1) is 16.7. The van der Waals surface area contributed by atoms with Crippen molar-refractivity contribution >= 4 is 22.8 Å². The summed E-state index contributed by atoms with van der Waals surface area (Å²) in [6, 6.07) is 20.2. The minimum absolute atomic E-state index is 0.707. The number of ether oxygens (including phenoxy) is 1. The number of fused-ring (bicyclic) bond motifs is 1. The summed E-state index contributed by atoms with van der Waals surface area (Å²) in [7, 11) is 0. The highest BCUT2D eigenvalue weighted by atomic mass is 32.2. The maximum atomic E-state index is 5.75. The summed E-state index contributed by atoms with van der Waals surface area (Å²) < 4.78 is 5.75. The van der Waals surface area contributed by atoms with Crippen molar-refractivity contribution in [1.29, 1.82) is 0 Å². The van der Waals surface area contributed by atoms with Gasteiger partial charge in [0.15, 0.2) is 5.16 Å². The van der Waals surface area contributed by atoms with Gasteiger partial charge in [0.2, 0.25) is 0 Å². The Morgan fingerprint density at radius 2 is 1.88 bits per heavy atom. The van der Waals surface area contributed by atoms with E-state index in [0.29, 0.717) is 6.61 Å². The highest BCUT2D eigenvalue weighted by molar-refractivity contribution is 7.99. The first-order chi connectivity index (χ1) is 12.8. The molecular weight excluding hydrogens is 342 g/mol. The van der Waals surface area contributed by atoms with E-state index in [4.69, 9.17) is 4.74 Å². The van der Waals surface area contributed by atoms with Crippen LogP contribution in [-0.4, -0.2) is 21.6 Å². The van der Waals surface area contributed by atoms with Crippen LogP contribution >= 0.6 is 11.8 Å². The van der Waals surface area contributed by atoms with Gasteiger partial charge in [-0.05, 0) is 30.7 Å². The van der Waals surface area contributed by atoms with Crippen LogP contribution < -0.4 is 4.74 Å². The van der Waals surface area contributed by atoms with Crippen LogP contribution in [0.1, 0.15) is 13.3 Å². The molecule has 0 bridgehead atoms. The van der Waals surface area contributed by atoms with E-state index in [1.165, 1.54) is 0 Å². The summed E-state index contributed by atoms with van der Waals surface area (Å²) in [6.07, 6.45) is 2.78. The Kier molecular flexibility index (Phi) is 4.88. The van der Waals surface area contributed by atoms with Crippen molar-refractivity contribution in [3.05, 3.63) is 66.9 Å². The molecule has 26 heavy (non-hydrogen) atoms. The van der Waals surface area contributed by atoms with Crippen LogP contribution in [0.2, 0.25) is 0 Å². The van der Waals surface area contributed by atoms with Crippen molar-refractivity contribution in [2.45, 2.75) is 23.4 Å². The second-order valence-corrected chi connectivity index (χ2v) is 6.91. The first-order valence-electron chi connectivity index (χ1n) is 8.64. The fourth-order valence-electron chi connectivity index (χ4n) is 2.72. The van der Waals surface area contributed by atoms with E-state index in [1.54, 1.807) is 18.0 Å². The molecule has 4 aromatic rings. The fraction of sp³-hybridized carbons (Fsp3) is 0.143. The zero-order valence-corrected chi connectivity index (χ0v) is 15.3. The molecule has 130 valence electrons. The van der Waals surface area contributed by atoms with Crippen LogP contribution in [0.4, 0.5) is 0 Å². The van der Waals surface area contributed by atoms with Crippen molar-refractivity contribution in [2.75, 3.05) is 6.61 Å². The molecule has 0 saturated carbocycles. The lowest BCUT2D eigenvalue weighted by Crippen LogP contribution is -1.96. The Balaban J connectivity index is 1.66. The van der Waals surface area contributed by atoms with Gasteiger partial charge < -0.3 is 9.72 Å². The van der Waals surface area contributed by atoms with Crippen LogP contribution in [0.5, 0.6) is 5.75 Å². The summed E-state index contributed by atoms with van der Waals surface area (Å²) in [5.74, 6) is 0.848. The number of imidazole rings is 1. The van der Waals surface area contributed by atoms with Gasteiger partial charge in [-0.15, -0.1) is 0 Å². The molecule has 0 aliphatic carbocycles. The predicted molar refractivity (Wildman–Crippen MR) is 106 cm³/mol. The number of benzene rings is 2. The van der Waals surface area contributed by atoms with Gasteiger partial charge in [0.25, 0.3) is 0 Å². The molecule has 4 rings (SSSR count). The molecule has 4 nitrogen and oxygen atoms in total. The van der Waals surface area contributed by atoms with Crippen LogP contribution in [0.25, 0.3) is 22.3 Å². The lowest BCUT2D eigenvalue weighted by molar-refractivity contribution is 0.317. The fourth-order valence-corrected chi connectivity index (χ4v) is 3.66. The van der Waals surface area contributed by atoms with Gasteiger partial charge in [-0.1, -0.05) is 49.0 Å². The number of hydrogen-bond acceptors (Lipinski definition) is 4. The maximum Gasteiger partial charge on any atom is 0.171 e. The third-order valence-electron chi connectivity index (χ3n) is 3.94. The number of aromatic nitrogens is 3. The van der Waals surface area contributed by atoms with Crippen molar-refractivity contribution < 1.29 is 4.74 Å². The summed E-state index contributed by atoms with van der Waals surface area (Å²) >= 11 is 1.61. The van der Waals surface area contributed by atoms with E-state index in [-0.39, 0.29) is 0 Å². The molecule has 2 aromatic heterocycles. The summed E-state index contributed by atoms with van der Waals surface area (Å²) in [4.78, 5) is 13.7. The van der Waals surface area contributed by atoms with Crippen molar-refractivity contribution in [2.24, 2.45) is 0 Å². The number of rotatable bonds is 6. The largest absolute Gasteiger partial charge is 0.493 e. The molecule has 1 N–H and O–H groups in total. The molecular formula is C21H19N3OS. The number of H-pyrrole nitrogens is 1. The third kappa shape index (κ3) is 3.58. The Bertz CT molecular complexity index is 995. The number of para-hydroxylation sites is 2. The molecule has 0 amide bonds. The molecule has 0 radical (unpaired) electrons. The third-order valence-corrected chi connectivity index (χ3v) is 4.90. The minimum Gasteiger partial charge on any atom is -0.493 e. The Morgan fingerprint density at radius 1 is 1.04 bits per heavy atom. The zero-order chi connectivity index (χ0) is 17.8. The predicted octanol–water partition coefficient (Wildman–Crippen LogP) is 5.56. The van der Waals surface area contributed by atoms with Crippen molar-refractivity contribution in [3.8, 4) is 17.0 Å². The molecule has 0 saturated heterocycles. The normalized spacial score (nSPS) is 11.0. The standard InChI is InChI=1S/C21H19N3OS/c1-2-13-25-15-11-12-22-19(14-15)16-7-3-6-10-20(16)26-21-23-17-8-4-5-9-18(17)24-21/h3-12,14H,2,13H2,1H3,(H,23,24). The van der Waals surface area contributed by atoms with E-state index in [2.05, 4.69) is 34.0 Å². The van der Waals surface area contributed by atoms with Crippen LogP contribution in [-0.2, 0) is 0 Å². The molecule has 2 heterocycles. The van der Waals surface area contributed by atoms with Crippen molar-refractivity contribution in [3.63, 3.8) is 0 Å². The van der Waals surface area contributed by atoms with Gasteiger partial charge in [-0.3, -0.25) is 4.98 Å². The number of nitrogens with zero attached hydrogens (tertiary/aromatic N) is 2. The lowest BCUT2D eigenvalue weighted by Gasteiger charge is -2.09. The SMILES string of the molecule is CCCOc1ccnc(-c2ccccc2Sc2nc3ccccc3[nH]2)c1. The number of aromatic amines is 1. The summed E-state index contributed by atoms with van der Waals surface area (Å²) in [5.41, 5.74) is 3.99. The topological polar surface area (TPSA) is 50.8 Å². The van der Waals surface area contributed by atoms with E-state index < -0.39 is 0 Å². The average Bonchev–Trinajstić information content (AvgIpc) is 3.09. The van der Waals surface area contributed by atoms with E-state index >= 15 is 0 Å². The average molecular weight is 361 g/mol. The van der Waals surface area contributed by atoms with E-state index in [0.717, 1.165) is 44.5 Å². The Labute approximate surface area is 156 Å². The monoisotopic (exact) mass is 361 g/mol. The molecule has 0 unspecified atom stereocenters. The highest BCUT2D eigenvalue weighted by Crippen LogP contribution is 2.35. The smallest absolute Gasteiger partial charge is 0.171 e. The second kappa shape index (κ2) is 7.62. The number of pyridine rings is 1. The Morgan fingerprint density at radius 3 is 2.77 bits per heavy atom. The maximum absolute atomic E-state index is 5.75. The molecule has 0 aliphatic heterocycles. The van der Waals surface area contributed by atoms with Crippen LogP contribution in [0.15, 0.2) is 76.9 Å². The van der Waals surface area contributed by atoms with E-state index in [1.807, 2.05) is 48.5 Å². The minimum atomic E-state index is 0.707. The van der Waals surface area contributed by atoms with E-state index in [9.17, 15) is 0 Å². The van der Waals surface area contributed by atoms with Gasteiger partial charge in [0, 0.05) is 22.7 Å². The molecule has 5 heteroatoms. The molecule has 0 atom stereocenters.